The Morgan fingerprint density at radius 1 is 1.56 bits per heavy atom. The third-order valence-electron chi connectivity index (χ3n) is 3.08. The van der Waals surface area contributed by atoms with E-state index in [4.69, 9.17) is 10.7 Å². The minimum atomic E-state index is -3.73. The molecule has 0 aliphatic carbocycles. The lowest BCUT2D eigenvalue weighted by atomic mass is 9.98. The van der Waals surface area contributed by atoms with Crippen molar-refractivity contribution in [2.45, 2.75) is 50.6 Å². The van der Waals surface area contributed by atoms with Crippen LogP contribution in [0.1, 0.15) is 44.1 Å². The molecule has 0 aromatic carbocycles. The van der Waals surface area contributed by atoms with Gasteiger partial charge in [0.2, 0.25) is 0 Å². The molecule has 16 heavy (non-hydrogen) atoms. The fourth-order valence-electron chi connectivity index (χ4n) is 2.36. The zero-order valence-electron chi connectivity index (χ0n) is 9.40. The lowest BCUT2D eigenvalue weighted by molar-refractivity contribution is 0.458. The maximum Gasteiger partial charge on any atom is 0.280 e. The molecule has 6 heteroatoms. The second kappa shape index (κ2) is 4.04. The topological polar surface area (TPSA) is 52.0 Å². The average Bonchev–Trinajstić information content (AvgIpc) is 2.57. The van der Waals surface area contributed by atoms with E-state index in [-0.39, 0.29) is 10.9 Å². The van der Waals surface area contributed by atoms with Crippen LogP contribution in [0.15, 0.2) is 5.03 Å². The molecule has 1 aliphatic rings. The van der Waals surface area contributed by atoms with Gasteiger partial charge in [-0.3, -0.25) is 0 Å². The summed E-state index contributed by atoms with van der Waals surface area (Å²) in [5.41, 5.74) is 0.790. The number of hydrogen-bond donors (Lipinski definition) is 0. The van der Waals surface area contributed by atoms with Crippen LogP contribution in [-0.4, -0.2) is 18.0 Å². The molecule has 0 saturated heterocycles. The van der Waals surface area contributed by atoms with Gasteiger partial charge in [0.25, 0.3) is 9.05 Å². The summed E-state index contributed by atoms with van der Waals surface area (Å²) in [6.07, 6.45) is 2.79. The fourth-order valence-corrected chi connectivity index (χ4v) is 3.47. The van der Waals surface area contributed by atoms with Crippen molar-refractivity contribution < 1.29 is 8.42 Å². The highest BCUT2D eigenvalue weighted by Gasteiger charge is 2.30. The Hall–Kier alpha value is -0.550. The Morgan fingerprint density at radius 3 is 2.81 bits per heavy atom. The van der Waals surface area contributed by atoms with Gasteiger partial charge in [-0.25, -0.2) is 13.4 Å². The van der Waals surface area contributed by atoms with Gasteiger partial charge in [-0.05, 0) is 18.8 Å². The summed E-state index contributed by atoms with van der Waals surface area (Å²) < 4.78 is 25.0. The van der Waals surface area contributed by atoms with Crippen molar-refractivity contribution >= 4 is 19.7 Å². The van der Waals surface area contributed by atoms with Crippen molar-refractivity contribution in [2.75, 3.05) is 0 Å². The van der Waals surface area contributed by atoms with Crippen molar-refractivity contribution in [3.63, 3.8) is 0 Å². The van der Waals surface area contributed by atoms with E-state index >= 15 is 0 Å². The molecule has 1 aromatic heterocycles. The molecule has 1 atom stereocenters. The summed E-state index contributed by atoms with van der Waals surface area (Å²) in [5, 5.41) is 0.0678. The van der Waals surface area contributed by atoms with Gasteiger partial charge in [0, 0.05) is 23.6 Å². The quantitative estimate of drug-likeness (QED) is 0.769. The summed E-state index contributed by atoms with van der Waals surface area (Å²) in [5.74, 6) is 1.03. The predicted octanol–water partition coefficient (Wildman–Crippen LogP) is 2.27. The molecule has 4 nitrogen and oxygen atoms in total. The van der Waals surface area contributed by atoms with E-state index in [2.05, 4.69) is 4.98 Å². The Morgan fingerprint density at radius 2 is 2.25 bits per heavy atom. The zero-order chi connectivity index (χ0) is 11.9. The lowest BCUT2D eigenvalue weighted by Gasteiger charge is -2.22. The van der Waals surface area contributed by atoms with Crippen LogP contribution in [0.3, 0.4) is 0 Å². The highest BCUT2D eigenvalue weighted by Crippen LogP contribution is 2.34. The summed E-state index contributed by atoms with van der Waals surface area (Å²) in [6.45, 7) is 4.85. The summed E-state index contributed by atoms with van der Waals surface area (Å²) in [7, 11) is 1.70. The third kappa shape index (κ3) is 1.86. The van der Waals surface area contributed by atoms with Gasteiger partial charge in [-0.2, -0.15) is 0 Å². The second-order valence-corrected chi connectivity index (χ2v) is 6.69. The number of aromatic nitrogens is 2. The van der Waals surface area contributed by atoms with Crippen molar-refractivity contribution in [3.8, 4) is 0 Å². The Bertz CT molecular complexity index is 507. The maximum absolute atomic E-state index is 11.5. The minimum Gasteiger partial charge on any atom is -0.330 e. The van der Waals surface area contributed by atoms with Crippen LogP contribution in [0, 0.1) is 0 Å². The number of nitrogens with zero attached hydrogens (tertiary/aromatic N) is 2. The van der Waals surface area contributed by atoms with Gasteiger partial charge in [0.1, 0.15) is 5.82 Å². The number of fused-ring (bicyclic) bond motifs is 1. The summed E-state index contributed by atoms with van der Waals surface area (Å²) in [4.78, 5) is 4.18. The number of aryl methyl sites for hydroxylation is 1. The molecule has 0 bridgehead atoms. The van der Waals surface area contributed by atoms with Gasteiger partial charge in [-0.15, -0.1) is 0 Å². The minimum absolute atomic E-state index is 0.0678. The van der Waals surface area contributed by atoms with Gasteiger partial charge in [0.05, 0.1) is 5.69 Å². The second-order valence-electron chi connectivity index (χ2n) is 4.20. The first-order valence-electron chi connectivity index (χ1n) is 5.49. The van der Waals surface area contributed by atoms with Crippen LogP contribution in [0.5, 0.6) is 0 Å². The van der Waals surface area contributed by atoms with Crippen LogP contribution in [0.2, 0.25) is 0 Å². The monoisotopic (exact) mass is 262 g/mol. The van der Waals surface area contributed by atoms with Crippen LogP contribution in [0.4, 0.5) is 0 Å². The lowest BCUT2D eigenvalue weighted by Crippen LogP contribution is -2.16. The molecule has 1 aliphatic heterocycles. The Kier molecular flexibility index (Phi) is 3.01. The normalized spacial score (nSPS) is 20.8. The van der Waals surface area contributed by atoms with Gasteiger partial charge in [0.15, 0.2) is 5.03 Å². The maximum atomic E-state index is 11.5. The molecule has 0 amide bonds. The molecule has 0 spiro atoms. The molecule has 1 aromatic rings. The van der Waals surface area contributed by atoms with Crippen molar-refractivity contribution in [1.82, 2.24) is 9.55 Å². The molecular weight excluding hydrogens is 248 g/mol. The van der Waals surface area contributed by atoms with Crippen LogP contribution in [-0.2, 0) is 22.0 Å². The molecular formula is C10H15ClN2O2S. The van der Waals surface area contributed by atoms with E-state index in [9.17, 15) is 8.42 Å². The first kappa shape index (κ1) is 11.9. The van der Waals surface area contributed by atoms with Crippen molar-refractivity contribution in [3.05, 3.63) is 11.5 Å². The molecule has 0 radical (unpaired) electrons. The average molecular weight is 263 g/mol. The Labute approximate surface area is 100 Å². The van der Waals surface area contributed by atoms with E-state index in [1.807, 2.05) is 18.4 Å². The van der Waals surface area contributed by atoms with Gasteiger partial charge < -0.3 is 4.57 Å². The van der Waals surface area contributed by atoms with E-state index in [0.717, 1.165) is 37.3 Å². The highest BCUT2D eigenvalue weighted by molar-refractivity contribution is 8.13. The highest BCUT2D eigenvalue weighted by atomic mass is 35.7. The van der Waals surface area contributed by atoms with E-state index in [0.29, 0.717) is 0 Å². The molecule has 2 rings (SSSR count). The van der Waals surface area contributed by atoms with Crippen LogP contribution < -0.4 is 0 Å². The zero-order valence-corrected chi connectivity index (χ0v) is 11.0. The van der Waals surface area contributed by atoms with E-state index in [1.54, 1.807) is 0 Å². The van der Waals surface area contributed by atoms with Gasteiger partial charge in [-0.1, -0.05) is 13.8 Å². The molecule has 0 saturated carbocycles. The van der Waals surface area contributed by atoms with E-state index < -0.39 is 9.05 Å². The van der Waals surface area contributed by atoms with Gasteiger partial charge >= 0.3 is 0 Å². The predicted molar refractivity (Wildman–Crippen MR) is 62.3 cm³/mol. The number of rotatable bonds is 2. The third-order valence-corrected chi connectivity index (χ3v) is 4.29. The van der Waals surface area contributed by atoms with Crippen LogP contribution >= 0.6 is 10.7 Å². The number of imidazole rings is 1. The smallest absolute Gasteiger partial charge is 0.280 e. The summed E-state index contributed by atoms with van der Waals surface area (Å²) in [6, 6.07) is 0. The SMILES string of the molecule is CCc1nc(S(=O)(=O)Cl)c2n1CCCC2C. The molecule has 90 valence electrons. The van der Waals surface area contributed by atoms with E-state index in [1.165, 1.54) is 0 Å². The molecule has 1 unspecified atom stereocenters. The Balaban J connectivity index is 2.68. The first-order valence-corrected chi connectivity index (χ1v) is 7.80. The van der Waals surface area contributed by atoms with Crippen molar-refractivity contribution in [2.24, 2.45) is 0 Å². The molecule has 0 N–H and O–H groups in total. The van der Waals surface area contributed by atoms with Crippen LogP contribution in [0.25, 0.3) is 0 Å². The number of hydrogen-bond acceptors (Lipinski definition) is 3. The standard InChI is InChI=1S/C10H15ClN2O2S/c1-3-8-12-10(16(11,14)15)9-7(2)5-4-6-13(8)9/h7H,3-6H2,1-2H3. The largest absolute Gasteiger partial charge is 0.330 e. The molecule has 2 heterocycles. The van der Waals surface area contributed by atoms with Crippen molar-refractivity contribution in [1.29, 1.82) is 0 Å². The molecule has 0 fully saturated rings. The fraction of sp³-hybridized carbons (Fsp3) is 0.700. The summed E-state index contributed by atoms with van der Waals surface area (Å²) >= 11 is 0. The number of halogens is 1. The first-order chi connectivity index (χ1) is 7.45.